The smallest absolute Gasteiger partial charge is 0.241 e. The van der Waals surface area contributed by atoms with Crippen LogP contribution < -0.4 is 5.32 Å². The van der Waals surface area contributed by atoms with E-state index in [1.165, 1.54) is 0 Å². The third-order valence-electron chi connectivity index (χ3n) is 4.91. The molecule has 0 spiro atoms. The van der Waals surface area contributed by atoms with Crippen LogP contribution in [0, 0.1) is 11.8 Å². The zero-order chi connectivity index (χ0) is 14.0. The van der Waals surface area contributed by atoms with Gasteiger partial charge >= 0.3 is 0 Å². The molecule has 0 aromatic carbocycles. The minimum atomic E-state index is -0.000258. The zero-order valence-electron chi connectivity index (χ0n) is 12.7. The van der Waals surface area contributed by atoms with Crippen molar-refractivity contribution in [1.29, 1.82) is 0 Å². The summed E-state index contributed by atoms with van der Waals surface area (Å²) in [6.07, 6.45) is 3.28. The summed E-state index contributed by atoms with van der Waals surface area (Å²) in [6, 6.07) is 0.279. The lowest BCUT2D eigenvalue weighted by molar-refractivity contribution is -0.133. The van der Waals surface area contributed by atoms with Gasteiger partial charge in [-0.2, -0.15) is 0 Å². The van der Waals surface area contributed by atoms with Gasteiger partial charge in [0.2, 0.25) is 5.91 Å². The monoisotopic (exact) mass is 268 g/mol. The fourth-order valence-corrected chi connectivity index (χ4v) is 3.28. The van der Waals surface area contributed by atoms with E-state index in [0.717, 1.165) is 32.5 Å². The van der Waals surface area contributed by atoms with Crippen molar-refractivity contribution >= 4 is 5.91 Å². The van der Waals surface area contributed by atoms with Crippen LogP contribution in [0.25, 0.3) is 0 Å². The van der Waals surface area contributed by atoms with E-state index in [-0.39, 0.29) is 18.2 Å². The second kappa shape index (κ2) is 6.23. The van der Waals surface area contributed by atoms with Crippen LogP contribution in [0.1, 0.15) is 47.0 Å². The van der Waals surface area contributed by atoms with E-state index in [1.807, 2.05) is 0 Å². The molecule has 2 rings (SSSR count). The molecule has 0 bridgehead atoms. The lowest BCUT2D eigenvalue weighted by atomic mass is 9.96. The molecule has 0 aliphatic carbocycles. The zero-order valence-corrected chi connectivity index (χ0v) is 12.7. The number of nitrogens with one attached hydrogen (secondary N) is 1. The van der Waals surface area contributed by atoms with Gasteiger partial charge in [0.25, 0.3) is 0 Å². The first-order valence-electron chi connectivity index (χ1n) is 7.76. The van der Waals surface area contributed by atoms with Crippen LogP contribution in [0.5, 0.6) is 0 Å². The van der Waals surface area contributed by atoms with Crippen molar-refractivity contribution < 1.29 is 9.53 Å². The van der Waals surface area contributed by atoms with Gasteiger partial charge in [-0.05, 0) is 25.7 Å². The quantitative estimate of drug-likeness (QED) is 0.829. The lowest BCUT2D eigenvalue weighted by Crippen LogP contribution is -2.46. The number of nitrogens with zero attached hydrogens (tertiary/aromatic N) is 1. The first-order valence-corrected chi connectivity index (χ1v) is 7.76. The summed E-state index contributed by atoms with van der Waals surface area (Å²) in [7, 11) is 0. The molecule has 110 valence electrons. The highest BCUT2D eigenvalue weighted by molar-refractivity contribution is 5.85. The number of carbonyl (C=O) groups excluding carboxylic acids is 1. The Morgan fingerprint density at radius 2 is 2.16 bits per heavy atom. The highest BCUT2D eigenvalue weighted by atomic mass is 16.5. The molecule has 5 atom stereocenters. The number of rotatable bonds is 5. The van der Waals surface area contributed by atoms with Crippen LogP contribution in [0.3, 0.4) is 0 Å². The molecule has 2 saturated heterocycles. The van der Waals surface area contributed by atoms with Crippen LogP contribution in [0.15, 0.2) is 0 Å². The fourth-order valence-electron chi connectivity index (χ4n) is 3.28. The van der Waals surface area contributed by atoms with Crippen molar-refractivity contribution in [2.45, 2.75) is 65.2 Å². The predicted molar refractivity (Wildman–Crippen MR) is 75.7 cm³/mol. The normalized spacial score (nSPS) is 34.8. The molecular weight excluding hydrogens is 240 g/mol. The Morgan fingerprint density at radius 3 is 2.68 bits per heavy atom. The molecule has 5 unspecified atom stereocenters. The second-order valence-corrected chi connectivity index (χ2v) is 6.06. The summed E-state index contributed by atoms with van der Waals surface area (Å²) >= 11 is 0. The Labute approximate surface area is 116 Å². The van der Waals surface area contributed by atoms with E-state index >= 15 is 0 Å². The van der Waals surface area contributed by atoms with Crippen molar-refractivity contribution in [2.24, 2.45) is 11.8 Å². The highest BCUT2D eigenvalue weighted by Gasteiger charge is 2.44. The molecular formula is C15H28N2O2. The number of hydrogen-bond acceptors (Lipinski definition) is 3. The largest absolute Gasteiger partial charge is 0.381 e. The molecule has 1 amide bonds. The molecule has 19 heavy (non-hydrogen) atoms. The summed E-state index contributed by atoms with van der Waals surface area (Å²) < 4.78 is 5.48. The van der Waals surface area contributed by atoms with E-state index in [9.17, 15) is 4.79 Å². The first-order chi connectivity index (χ1) is 9.10. The topological polar surface area (TPSA) is 41.6 Å². The number of amides is 1. The highest BCUT2D eigenvalue weighted by Crippen LogP contribution is 2.28. The molecule has 2 aliphatic heterocycles. The van der Waals surface area contributed by atoms with Crippen molar-refractivity contribution in [3.8, 4) is 0 Å². The Morgan fingerprint density at radius 1 is 1.42 bits per heavy atom. The van der Waals surface area contributed by atoms with Gasteiger partial charge in [-0.25, -0.2) is 0 Å². The second-order valence-electron chi connectivity index (χ2n) is 6.06. The third kappa shape index (κ3) is 2.79. The van der Waals surface area contributed by atoms with Gasteiger partial charge in [0.15, 0.2) is 0 Å². The van der Waals surface area contributed by atoms with Crippen LogP contribution >= 0.6 is 0 Å². The first kappa shape index (κ1) is 14.8. The van der Waals surface area contributed by atoms with Crippen molar-refractivity contribution in [2.75, 3.05) is 13.2 Å². The molecule has 2 fully saturated rings. The lowest BCUT2D eigenvalue weighted by Gasteiger charge is -2.33. The molecule has 0 radical (unpaired) electrons. The van der Waals surface area contributed by atoms with Crippen LogP contribution in [0.2, 0.25) is 0 Å². The van der Waals surface area contributed by atoms with Crippen LogP contribution in [0.4, 0.5) is 0 Å². The molecule has 4 heteroatoms. The number of ether oxygens (including phenoxy) is 1. The fraction of sp³-hybridized carbons (Fsp3) is 0.933. The van der Waals surface area contributed by atoms with Gasteiger partial charge in [0.05, 0.1) is 18.8 Å². The summed E-state index contributed by atoms with van der Waals surface area (Å²) in [5.41, 5.74) is 0. The molecule has 4 nitrogen and oxygen atoms in total. The predicted octanol–water partition coefficient (Wildman–Crippen LogP) is 1.99. The van der Waals surface area contributed by atoms with Gasteiger partial charge in [0, 0.05) is 18.6 Å². The Kier molecular flexibility index (Phi) is 4.85. The Bertz CT molecular complexity index is 315. The van der Waals surface area contributed by atoms with Crippen molar-refractivity contribution in [3.63, 3.8) is 0 Å². The maximum absolute atomic E-state index is 12.7. The van der Waals surface area contributed by atoms with E-state index in [0.29, 0.717) is 17.7 Å². The van der Waals surface area contributed by atoms with E-state index in [1.54, 1.807) is 0 Å². The van der Waals surface area contributed by atoms with Crippen molar-refractivity contribution in [1.82, 2.24) is 10.2 Å². The molecule has 2 heterocycles. The summed E-state index contributed by atoms with van der Waals surface area (Å²) in [5, 5.41) is 3.53. The summed E-state index contributed by atoms with van der Waals surface area (Å²) in [5.74, 6) is 1.19. The molecule has 0 aromatic rings. The minimum Gasteiger partial charge on any atom is -0.381 e. The SMILES string of the molecule is CCC(C)C1NC(CC)N(C(C)C2CCOC2)C1=O. The summed E-state index contributed by atoms with van der Waals surface area (Å²) in [6.45, 7) is 10.3. The summed E-state index contributed by atoms with van der Waals surface area (Å²) in [4.78, 5) is 14.8. The maximum Gasteiger partial charge on any atom is 0.241 e. The van der Waals surface area contributed by atoms with Crippen LogP contribution in [-0.2, 0) is 9.53 Å². The molecule has 2 aliphatic rings. The van der Waals surface area contributed by atoms with Gasteiger partial charge in [0.1, 0.15) is 0 Å². The number of hydrogen-bond donors (Lipinski definition) is 1. The van der Waals surface area contributed by atoms with Crippen LogP contribution in [-0.4, -0.2) is 42.3 Å². The number of carbonyl (C=O) groups is 1. The van der Waals surface area contributed by atoms with E-state index in [2.05, 4.69) is 37.9 Å². The van der Waals surface area contributed by atoms with Gasteiger partial charge in [-0.3, -0.25) is 10.1 Å². The van der Waals surface area contributed by atoms with E-state index < -0.39 is 0 Å². The van der Waals surface area contributed by atoms with Gasteiger partial charge in [-0.1, -0.05) is 27.2 Å². The minimum absolute atomic E-state index is 0.000258. The molecule has 0 saturated carbocycles. The van der Waals surface area contributed by atoms with Gasteiger partial charge < -0.3 is 9.64 Å². The Balaban J connectivity index is 2.10. The average Bonchev–Trinajstić information content (AvgIpc) is 3.04. The molecule has 1 N–H and O–H groups in total. The van der Waals surface area contributed by atoms with E-state index in [4.69, 9.17) is 4.74 Å². The van der Waals surface area contributed by atoms with Gasteiger partial charge in [-0.15, -0.1) is 0 Å². The Hall–Kier alpha value is -0.610. The third-order valence-corrected chi connectivity index (χ3v) is 4.91. The van der Waals surface area contributed by atoms with Crippen molar-refractivity contribution in [3.05, 3.63) is 0 Å². The molecule has 0 aromatic heterocycles. The maximum atomic E-state index is 12.7. The standard InChI is InChI=1S/C15H28N2O2/c1-5-10(3)14-15(18)17(13(6-2)16-14)11(4)12-7-8-19-9-12/h10-14,16H,5-9H2,1-4H3. The average molecular weight is 268 g/mol.